The summed E-state index contributed by atoms with van der Waals surface area (Å²) in [5.41, 5.74) is 2.89. The van der Waals surface area contributed by atoms with Crippen LogP contribution in [0.15, 0.2) is 18.2 Å². The molecule has 0 saturated carbocycles. The number of methoxy groups -OCH3 is 1. The fourth-order valence-corrected chi connectivity index (χ4v) is 2.63. The van der Waals surface area contributed by atoms with Gasteiger partial charge in [0, 0.05) is 25.2 Å². The van der Waals surface area contributed by atoms with E-state index >= 15 is 0 Å². The highest BCUT2D eigenvalue weighted by Gasteiger charge is 2.15. The van der Waals surface area contributed by atoms with Gasteiger partial charge in [0.25, 0.3) is 0 Å². The third-order valence-electron chi connectivity index (χ3n) is 3.29. The molecule has 120 valence electrons. The van der Waals surface area contributed by atoms with Crippen molar-refractivity contribution in [2.45, 2.75) is 47.2 Å². The minimum Gasteiger partial charge on any atom is -0.496 e. The van der Waals surface area contributed by atoms with Crippen molar-refractivity contribution in [3.8, 4) is 5.75 Å². The molecule has 3 heteroatoms. The lowest BCUT2D eigenvalue weighted by molar-refractivity contribution is 0.218. The molecule has 0 aliphatic heterocycles. The molecule has 0 unspecified atom stereocenters. The van der Waals surface area contributed by atoms with Gasteiger partial charge in [-0.3, -0.25) is 0 Å². The first-order valence-electron chi connectivity index (χ1n) is 7.90. The van der Waals surface area contributed by atoms with E-state index in [1.807, 2.05) is 0 Å². The predicted octanol–water partition coefficient (Wildman–Crippen LogP) is 3.67. The minimum atomic E-state index is 0.308. The van der Waals surface area contributed by atoms with Crippen molar-refractivity contribution in [3.63, 3.8) is 0 Å². The first-order valence-corrected chi connectivity index (χ1v) is 7.90. The van der Waals surface area contributed by atoms with E-state index in [2.05, 4.69) is 63.2 Å². The summed E-state index contributed by atoms with van der Waals surface area (Å²) in [5, 5.41) is 3.45. The SMILES string of the molecule is CCCNCc1ccc(OC)c(CN(C)CC(C)(C)C)c1. The molecule has 0 aliphatic rings. The Balaban J connectivity index is 2.75. The molecule has 21 heavy (non-hydrogen) atoms. The molecule has 0 aliphatic carbocycles. The second-order valence-corrected chi connectivity index (χ2v) is 7.06. The molecule has 3 nitrogen and oxygen atoms in total. The van der Waals surface area contributed by atoms with Crippen LogP contribution in [0.3, 0.4) is 0 Å². The fourth-order valence-electron chi connectivity index (χ4n) is 2.63. The molecule has 0 aromatic heterocycles. The van der Waals surface area contributed by atoms with Gasteiger partial charge < -0.3 is 15.0 Å². The molecule has 1 N–H and O–H groups in total. The largest absolute Gasteiger partial charge is 0.496 e. The lowest BCUT2D eigenvalue weighted by atomic mass is 9.96. The summed E-state index contributed by atoms with van der Waals surface area (Å²) >= 11 is 0. The number of hydrogen-bond acceptors (Lipinski definition) is 3. The average Bonchev–Trinajstić information content (AvgIpc) is 2.37. The zero-order chi connectivity index (χ0) is 15.9. The van der Waals surface area contributed by atoms with E-state index in [4.69, 9.17) is 4.74 Å². The third kappa shape index (κ3) is 6.96. The Morgan fingerprint density at radius 1 is 1.24 bits per heavy atom. The van der Waals surface area contributed by atoms with Gasteiger partial charge in [-0.25, -0.2) is 0 Å². The van der Waals surface area contributed by atoms with Crippen LogP contribution in [0.1, 0.15) is 45.2 Å². The smallest absolute Gasteiger partial charge is 0.123 e. The van der Waals surface area contributed by atoms with Crippen molar-refractivity contribution in [1.29, 1.82) is 0 Å². The summed E-state index contributed by atoms with van der Waals surface area (Å²) < 4.78 is 5.51. The maximum Gasteiger partial charge on any atom is 0.123 e. The highest BCUT2D eigenvalue weighted by molar-refractivity contribution is 5.37. The van der Waals surface area contributed by atoms with E-state index in [1.54, 1.807) is 7.11 Å². The molecular weight excluding hydrogens is 260 g/mol. The highest BCUT2D eigenvalue weighted by atomic mass is 16.5. The van der Waals surface area contributed by atoms with E-state index in [0.717, 1.165) is 38.3 Å². The maximum atomic E-state index is 5.51. The first kappa shape index (κ1) is 18.0. The van der Waals surface area contributed by atoms with Crippen LogP contribution in [0.25, 0.3) is 0 Å². The van der Waals surface area contributed by atoms with Crippen molar-refractivity contribution in [3.05, 3.63) is 29.3 Å². The Bertz CT molecular complexity index is 424. The normalized spacial score (nSPS) is 12.0. The summed E-state index contributed by atoms with van der Waals surface area (Å²) in [7, 11) is 3.92. The van der Waals surface area contributed by atoms with E-state index in [9.17, 15) is 0 Å². The first-order chi connectivity index (χ1) is 9.85. The predicted molar refractivity (Wildman–Crippen MR) is 90.8 cm³/mol. The van der Waals surface area contributed by atoms with Crippen LogP contribution in [0.2, 0.25) is 0 Å². The van der Waals surface area contributed by atoms with E-state index in [1.165, 1.54) is 11.1 Å². The summed E-state index contributed by atoms with van der Waals surface area (Å²) in [5.74, 6) is 0.981. The number of hydrogen-bond donors (Lipinski definition) is 1. The second-order valence-electron chi connectivity index (χ2n) is 7.06. The molecule has 0 saturated heterocycles. The van der Waals surface area contributed by atoms with Crippen molar-refractivity contribution >= 4 is 0 Å². The van der Waals surface area contributed by atoms with Gasteiger partial charge in [0.1, 0.15) is 5.75 Å². The molecule has 0 radical (unpaired) electrons. The zero-order valence-electron chi connectivity index (χ0n) is 14.6. The summed E-state index contributed by atoms with van der Waals surface area (Å²) in [6.07, 6.45) is 1.16. The molecule has 0 heterocycles. The Kier molecular flexibility index (Phi) is 7.20. The number of ether oxygens (including phenoxy) is 1. The van der Waals surface area contributed by atoms with Crippen LogP contribution >= 0.6 is 0 Å². The molecule has 0 fully saturated rings. The van der Waals surface area contributed by atoms with E-state index < -0.39 is 0 Å². The number of rotatable bonds is 8. The summed E-state index contributed by atoms with van der Waals surface area (Å²) in [4.78, 5) is 2.36. The molecule has 0 amide bonds. The van der Waals surface area contributed by atoms with Gasteiger partial charge in [0.15, 0.2) is 0 Å². The molecular formula is C18H32N2O. The van der Waals surface area contributed by atoms with Gasteiger partial charge in [-0.15, -0.1) is 0 Å². The average molecular weight is 292 g/mol. The lowest BCUT2D eigenvalue weighted by Crippen LogP contribution is -2.29. The minimum absolute atomic E-state index is 0.308. The van der Waals surface area contributed by atoms with Crippen LogP contribution in [0, 0.1) is 5.41 Å². The molecule has 1 aromatic carbocycles. The molecule has 1 rings (SSSR count). The van der Waals surface area contributed by atoms with E-state index in [-0.39, 0.29) is 0 Å². The third-order valence-corrected chi connectivity index (χ3v) is 3.29. The Labute approximate surface area is 130 Å². The number of nitrogens with zero attached hydrogens (tertiary/aromatic N) is 1. The molecule has 0 atom stereocenters. The fraction of sp³-hybridized carbons (Fsp3) is 0.667. The van der Waals surface area contributed by atoms with Crippen LogP contribution in [0.4, 0.5) is 0 Å². The van der Waals surface area contributed by atoms with Gasteiger partial charge in [0.2, 0.25) is 0 Å². The Morgan fingerprint density at radius 3 is 2.52 bits per heavy atom. The monoisotopic (exact) mass is 292 g/mol. The quantitative estimate of drug-likeness (QED) is 0.740. The Hall–Kier alpha value is -1.06. The number of nitrogens with one attached hydrogen (secondary N) is 1. The molecule has 0 bridgehead atoms. The van der Waals surface area contributed by atoms with Crippen LogP contribution < -0.4 is 10.1 Å². The lowest BCUT2D eigenvalue weighted by Gasteiger charge is -2.27. The molecule has 0 spiro atoms. The summed E-state index contributed by atoms with van der Waals surface area (Å²) in [6.45, 7) is 13.0. The van der Waals surface area contributed by atoms with Gasteiger partial charge in [-0.2, -0.15) is 0 Å². The summed E-state index contributed by atoms with van der Waals surface area (Å²) in [6, 6.07) is 6.50. The van der Waals surface area contributed by atoms with Crippen LogP contribution in [-0.4, -0.2) is 32.1 Å². The van der Waals surface area contributed by atoms with E-state index in [0.29, 0.717) is 5.41 Å². The van der Waals surface area contributed by atoms with Gasteiger partial charge >= 0.3 is 0 Å². The van der Waals surface area contributed by atoms with Gasteiger partial charge in [0.05, 0.1) is 7.11 Å². The zero-order valence-corrected chi connectivity index (χ0v) is 14.6. The standard InChI is InChI=1S/C18H32N2O/c1-7-10-19-12-15-8-9-17(21-6)16(11-15)13-20(5)14-18(2,3)4/h8-9,11,19H,7,10,12-14H2,1-6H3. The van der Waals surface area contributed by atoms with Crippen molar-refractivity contribution < 1.29 is 4.74 Å². The topological polar surface area (TPSA) is 24.5 Å². The van der Waals surface area contributed by atoms with Crippen molar-refractivity contribution in [2.24, 2.45) is 5.41 Å². The second kappa shape index (κ2) is 8.40. The van der Waals surface area contributed by atoms with Crippen LogP contribution in [-0.2, 0) is 13.1 Å². The maximum absolute atomic E-state index is 5.51. The van der Waals surface area contributed by atoms with Crippen molar-refractivity contribution in [2.75, 3.05) is 27.2 Å². The Morgan fingerprint density at radius 2 is 1.95 bits per heavy atom. The van der Waals surface area contributed by atoms with Gasteiger partial charge in [-0.1, -0.05) is 33.8 Å². The van der Waals surface area contributed by atoms with Crippen molar-refractivity contribution in [1.82, 2.24) is 10.2 Å². The van der Waals surface area contributed by atoms with Gasteiger partial charge in [-0.05, 0) is 43.1 Å². The highest BCUT2D eigenvalue weighted by Crippen LogP contribution is 2.23. The molecule has 1 aromatic rings. The number of benzene rings is 1. The van der Waals surface area contributed by atoms with Crippen LogP contribution in [0.5, 0.6) is 5.75 Å².